The van der Waals surface area contributed by atoms with E-state index in [9.17, 15) is 4.79 Å². The van der Waals surface area contributed by atoms with E-state index in [1.54, 1.807) is 19.0 Å². The minimum absolute atomic E-state index is 0.0146. The van der Waals surface area contributed by atoms with Gasteiger partial charge in [0, 0.05) is 46.8 Å². The number of hydrogen-bond donors (Lipinski definition) is 2. The molecule has 0 radical (unpaired) electrons. The number of nitrogens with one attached hydrogen (secondary N) is 2. The van der Waals surface area contributed by atoms with Crippen LogP contribution in [0.15, 0.2) is 4.99 Å². The molecular formula is C21H41N5O2. The first-order valence-corrected chi connectivity index (χ1v) is 10.9. The molecule has 0 atom stereocenters. The van der Waals surface area contributed by atoms with Crippen molar-refractivity contribution in [3.63, 3.8) is 0 Å². The summed E-state index contributed by atoms with van der Waals surface area (Å²) in [5.41, 5.74) is 0.221. The number of nitrogens with zero attached hydrogens (tertiary/aromatic N) is 3. The fourth-order valence-electron chi connectivity index (χ4n) is 3.96. The molecule has 1 aliphatic heterocycles. The van der Waals surface area contributed by atoms with Crippen LogP contribution in [0.25, 0.3) is 0 Å². The zero-order valence-electron chi connectivity index (χ0n) is 18.4. The standard InChI is InChI=1S/C21H41N5O2/c1-21(2,18-8-6-5-7-9-18)17-24-20(23-16-19(27)25(3)4)22-10-11-26-12-14-28-15-13-26/h18H,5-17H2,1-4H3,(H2,22,23,24). The highest BCUT2D eigenvalue weighted by molar-refractivity contribution is 5.84. The highest BCUT2D eigenvalue weighted by Crippen LogP contribution is 2.37. The molecule has 0 bridgehead atoms. The number of morpholine rings is 1. The van der Waals surface area contributed by atoms with Gasteiger partial charge in [-0.1, -0.05) is 33.1 Å². The SMILES string of the molecule is CN(C)C(=O)CN=C(NCCN1CCOCC1)NCC(C)(C)C1CCCCC1. The van der Waals surface area contributed by atoms with Crippen LogP contribution in [0, 0.1) is 11.3 Å². The normalized spacial score (nSPS) is 20.1. The summed E-state index contributed by atoms with van der Waals surface area (Å²) < 4.78 is 5.41. The Bertz CT molecular complexity index is 495. The molecule has 162 valence electrons. The molecule has 1 aliphatic carbocycles. The van der Waals surface area contributed by atoms with Crippen molar-refractivity contribution in [1.29, 1.82) is 0 Å². The summed E-state index contributed by atoms with van der Waals surface area (Å²) in [7, 11) is 3.53. The lowest BCUT2D eigenvalue weighted by Crippen LogP contribution is -2.47. The predicted molar refractivity (Wildman–Crippen MR) is 115 cm³/mol. The summed E-state index contributed by atoms with van der Waals surface area (Å²) >= 11 is 0. The number of ether oxygens (including phenoxy) is 1. The minimum atomic E-state index is 0.0146. The van der Waals surface area contributed by atoms with Crippen molar-refractivity contribution in [3.05, 3.63) is 0 Å². The summed E-state index contributed by atoms with van der Waals surface area (Å²) in [5.74, 6) is 1.51. The Balaban J connectivity index is 1.86. The molecule has 1 heterocycles. The molecule has 0 aromatic rings. The maximum atomic E-state index is 12.0. The van der Waals surface area contributed by atoms with Crippen molar-refractivity contribution in [1.82, 2.24) is 20.4 Å². The average molecular weight is 396 g/mol. The van der Waals surface area contributed by atoms with Gasteiger partial charge in [0.1, 0.15) is 6.54 Å². The van der Waals surface area contributed by atoms with Gasteiger partial charge in [-0.15, -0.1) is 0 Å². The molecule has 7 nitrogen and oxygen atoms in total. The third-order valence-corrected chi connectivity index (χ3v) is 6.12. The molecule has 2 N–H and O–H groups in total. The van der Waals surface area contributed by atoms with E-state index in [0.717, 1.165) is 57.8 Å². The number of carbonyl (C=O) groups excluding carboxylic acids is 1. The van der Waals surface area contributed by atoms with Crippen molar-refractivity contribution in [2.24, 2.45) is 16.3 Å². The van der Waals surface area contributed by atoms with E-state index in [1.807, 2.05) is 0 Å². The van der Waals surface area contributed by atoms with Crippen molar-refractivity contribution >= 4 is 11.9 Å². The van der Waals surface area contributed by atoms with Crippen LogP contribution in [0.2, 0.25) is 0 Å². The molecule has 1 amide bonds. The van der Waals surface area contributed by atoms with Gasteiger partial charge in [-0.05, 0) is 24.2 Å². The van der Waals surface area contributed by atoms with Crippen LogP contribution in [0.5, 0.6) is 0 Å². The van der Waals surface area contributed by atoms with Gasteiger partial charge in [0.15, 0.2) is 5.96 Å². The van der Waals surface area contributed by atoms with E-state index in [-0.39, 0.29) is 17.9 Å². The van der Waals surface area contributed by atoms with Crippen molar-refractivity contribution < 1.29 is 9.53 Å². The molecule has 28 heavy (non-hydrogen) atoms. The number of likely N-dealkylation sites (N-methyl/N-ethyl adjacent to an activating group) is 1. The molecular weight excluding hydrogens is 354 g/mol. The fraction of sp³-hybridized carbons (Fsp3) is 0.905. The predicted octanol–water partition coefficient (Wildman–Crippen LogP) is 1.55. The van der Waals surface area contributed by atoms with E-state index >= 15 is 0 Å². The summed E-state index contributed by atoms with van der Waals surface area (Å²) in [5, 5.41) is 6.94. The zero-order valence-corrected chi connectivity index (χ0v) is 18.4. The van der Waals surface area contributed by atoms with Crippen LogP contribution in [0.1, 0.15) is 46.0 Å². The topological polar surface area (TPSA) is 69.2 Å². The van der Waals surface area contributed by atoms with E-state index in [2.05, 4.69) is 34.4 Å². The van der Waals surface area contributed by atoms with E-state index in [4.69, 9.17) is 4.74 Å². The minimum Gasteiger partial charge on any atom is -0.379 e. The first-order valence-electron chi connectivity index (χ1n) is 10.9. The Labute approximate surface area is 171 Å². The number of rotatable bonds is 8. The van der Waals surface area contributed by atoms with Gasteiger partial charge in [-0.3, -0.25) is 9.69 Å². The first-order chi connectivity index (χ1) is 13.4. The van der Waals surface area contributed by atoms with Gasteiger partial charge >= 0.3 is 0 Å². The van der Waals surface area contributed by atoms with Crippen LogP contribution in [0.3, 0.4) is 0 Å². The second kappa shape index (κ2) is 11.6. The maximum Gasteiger partial charge on any atom is 0.243 e. The lowest BCUT2D eigenvalue weighted by molar-refractivity contribution is -0.127. The molecule has 1 saturated carbocycles. The van der Waals surface area contributed by atoms with Crippen molar-refractivity contribution in [2.45, 2.75) is 46.0 Å². The maximum absolute atomic E-state index is 12.0. The van der Waals surface area contributed by atoms with Gasteiger partial charge in [-0.25, -0.2) is 4.99 Å². The Morgan fingerprint density at radius 2 is 1.82 bits per heavy atom. The van der Waals surface area contributed by atoms with Crippen molar-refractivity contribution in [2.75, 3.05) is 66.6 Å². The van der Waals surface area contributed by atoms with Crippen molar-refractivity contribution in [3.8, 4) is 0 Å². The van der Waals surface area contributed by atoms with Gasteiger partial charge in [0.25, 0.3) is 0 Å². The summed E-state index contributed by atoms with van der Waals surface area (Å²) in [6, 6.07) is 0. The van der Waals surface area contributed by atoms with E-state index in [0.29, 0.717) is 0 Å². The molecule has 1 saturated heterocycles. The smallest absolute Gasteiger partial charge is 0.243 e. The molecule has 0 aromatic heterocycles. The van der Waals surface area contributed by atoms with Crippen LogP contribution in [0.4, 0.5) is 0 Å². The fourth-order valence-corrected chi connectivity index (χ4v) is 3.96. The molecule has 7 heteroatoms. The summed E-state index contributed by atoms with van der Waals surface area (Å²) in [4.78, 5) is 20.5. The van der Waals surface area contributed by atoms with Gasteiger partial charge < -0.3 is 20.3 Å². The number of guanidine groups is 1. The van der Waals surface area contributed by atoms with Crippen LogP contribution >= 0.6 is 0 Å². The molecule has 2 fully saturated rings. The lowest BCUT2D eigenvalue weighted by Gasteiger charge is -2.37. The number of hydrogen-bond acceptors (Lipinski definition) is 4. The molecule has 0 spiro atoms. The zero-order chi connectivity index (χ0) is 20.4. The molecule has 0 unspecified atom stereocenters. The van der Waals surface area contributed by atoms with Gasteiger partial charge in [0.05, 0.1) is 13.2 Å². The number of aliphatic imine (C=N–C) groups is 1. The molecule has 2 aliphatic rings. The van der Waals surface area contributed by atoms with Gasteiger partial charge in [0.2, 0.25) is 5.91 Å². The number of carbonyl (C=O) groups is 1. The van der Waals surface area contributed by atoms with Crippen LogP contribution in [-0.2, 0) is 9.53 Å². The highest BCUT2D eigenvalue weighted by atomic mass is 16.5. The second-order valence-corrected chi connectivity index (χ2v) is 9.01. The van der Waals surface area contributed by atoms with Crippen LogP contribution in [-0.4, -0.2) is 88.2 Å². The van der Waals surface area contributed by atoms with E-state index in [1.165, 1.54) is 32.1 Å². The highest BCUT2D eigenvalue weighted by Gasteiger charge is 2.30. The Morgan fingerprint density at radius 1 is 1.14 bits per heavy atom. The Kier molecular flexibility index (Phi) is 9.51. The third-order valence-electron chi connectivity index (χ3n) is 6.12. The Hall–Kier alpha value is -1.34. The van der Waals surface area contributed by atoms with E-state index < -0.39 is 0 Å². The monoisotopic (exact) mass is 395 g/mol. The molecule has 0 aromatic carbocycles. The lowest BCUT2D eigenvalue weighted by atomic mass is 9.71. The first kappa shape index (κ1) is 22.9. The quantitative estimate of drug-likeness (QED) is 0.482. The van der Waals surface area contributed by atoms with Crippen LogP contribution < -0.4 is 10.6 Å². The largest absolute Gasteiger partial charge is 0.379 e. The van der Waals surface area contributed by atoms with Gasteiger partial charge in [-0.2, -0.15) is 0 Å². The summed E-state index contributed by atoms with van der Waals surface area (Å²) in [6.07, 6.45) is 6.73. The number of amides is 1. The second-order valence-electron chi connectivity index (χ2n) is 9.01. The third kappa shape index (κ3) is 7.95. The Morgan fingerprint density at radius 3 is 2.46 bits per heavy atom. The molecule has 2 rings (SSSR count). The summed E-state index contributed by atoms with van der Waals surface area (Å²) in [6.45, 7) is 11.1. The average Bonchev–Trinajstić information content (AvgIpc) is 2.70.